The van der Waals surface area contributed by atoms with Crippen molar-refractivity contribution >= 4 is 17.3 Å². The molecular weight excluding hydrogens is 466 g/mol. The summed E-state index contributed by atoms with van der Waals surface area (Å²) in [7, 11) is 0. The van der Waals surface area contributed by atoms with Gasteiger partial charge in [-0.3, -0.25) is 4.79 Å². The van der Waals surface area contributed by atoms with Gasteiger partial charge in [-0.05, 0) is 48.4 Å². The highest BCUT2D eigenvalue weighted by atomic mass is 19.4. The Morgan fingerprint density at radius 1 is 1.12 bits per heavy atom. The predicted octanol–water partition coefficient (Wildman–Crippen LogP) is 4.74. The van der Waals surface area contributed by atoms with Crippen LogP contribution in [0.5, 0.6) is 0 Å². The summed E-state index contributed by atoms with van der Waals surface area (Å²) in [6.07, 6.45) is -13.9. The Labute approximate surface area is 189 Å². The lowest BCUT2D eigenvalue weighted by Gasteiger charge is -2.27. The van der Waals surface area contributed by atoms with Crippen molar-refractivity contribution in [3.63, 3.8) is 0 Å². The van der Waals surface area contributed by atoms with Crippen molar-refractivity contribution < 1.29 is 35.9 Å². The molecule has 12 heteroatoms. The maximum atomic E-state index is 13.6. The van der Waals surface area contributed by atoms with Gasteiger partial charge in [0.1, 0.15) is 0 Å². The molecule has 1 amide bonds. The first kappa shape index (κ1) is 24.9. The van der Waals surface area contributed by atoms with E-state index in [0.29, 0.717) is 28.5 Å². The van der Waals surface area contributed by atoms with E-state index < -0.39 is 54.0 Å². The van der Waals surface area contributed by atoms with Crippen molar-refractivity contribution in [3.05, 3.63) is 58.7 Å². The molecule has 1 saturated heterocycles. The maximum absolute atomic E-state index is 13.6. The van der Waals surface area contributed by atoms with Crippen LogP contribution >= 0.6 is 0 Å². The van der Waals surface area contributed by atoms with Crippen LogP contribution in [-0.2, 0) is 22.1 Å². The summed E-state index contributed by atoms with van der Waals surface area (Å²) in [5.41, 5.74) is -1.48. The highest BCUT2D eigenvalue weighted by Crippen LogP contribution is 2.39. The van der Waals surface area contributed by atoms with Crippen LogP contribution in [0.3, 0.4) is 0 Å². The second kappa shape index (κ2) is 9.23. The third kappa shape index (κ3) is 5.07. The fourth-order valence-electron chi connectivity index (χ4n) is 3.52. The number of carbonyl (C=O) groups is 1. The van der Waals surface area contributed by atoms with Gasteiger partial charge in [0, 0.05) is 11.4 Å². The summed E-state index contributed by atoms with van der Waals surface area (Å²) in [5.74, 6) is -0.930. The molecule has 1 heterocycles. The van der Waals surface area contributed by atoms with Gasteiger partial charge in [-0.15, -0.1) is 0 Å². The summed E-state index contributed by atoms with van der Waals surface area (Å²) in [5, 5.41) is 20.4. The molecule has 0 radical (unpaired) electrons. The molecule has 0 spiro atoms. The topological polar surface area (TPSA) is 89.2 Å². The van der Waals surface area contributed by atoms with Crippen molar-refractivity contribution in [3.8, 4) is 12.1 Å². The van der Waals surface area contributed by atoms with Gasteiger partial charge in [-0.25, -0.2) is 0 Å². The molecule has 0 aromatic heterocycles. The Kier molecular flexibility index (Phi) is 6.75. The molecule has 1 aliphatic heterocycles. The first-order valence-electron chi connectivity index (χ1n) is 9.83. The Bertz CT molecular complexity index is 1180. The number of aryl methyl sites for hydroxylation is 1. The van der Waals surface area contributed by atoms with Gasteiger partial charge in [0.15, 0.2) is 6.10 Å². The normalized spacial score (nSPS) is 18.3. The molecule has 0 saturated carbocycles. The van der Waals surface area contributed by atoms with Crippen molar-refractivity contribution in [1.29, 1.82) is 10.5 Å². The van der Waals surface area contributed by atoms with Crippen LogP contribution in [0.15, 0.2) is 36.4 Å². The largest absolute Gasteiger partial charge is 0.433 e. The molecule has 2 atom stereocenters. The average molecular weight is 482 g/mol. The summed E-state index contributed by atoms with van der Waals surface area (Å²) >= 11 is 0. The second-order valence-corrected chi connectivity index (χ2v) is 7.34. The fourth-order valence-corrected chi connectivity index (χ4v) is 3.52. The Morgan fingerprint density at radius 2 is 1.82 bits per heavy atom. The molecule has 34 heavy (non-hydrogen) atoms. The number of benzene rings is 2. The lowest BCUT2D eigenvalue weighted by molar-refractivity contribution is -0.212. The summed E-state index contributed by atoms with van der Waals surface area (Å²) in [4.78, 5) is 13.2. The fraction of sp³-hybridized carbons (Fsp3) is 0.318. The van der Waals surface area contributed by atoms with E-state index in [-0.39, 0.29) is 5.69 Å². The van der Waals surface area contributed by atoms with Crippen molar-refractivity contribution in [2.24, 2.45) is 0 Å². The zero-order chi connectivity index (χ0) is 25.3. The minimum Gasteiger partial charge on any atom is -0.335 e. The van der Waals surface area contributed by atoms with Crippen LogP contribution < -0.4 is 10.2 Å². The number of anilines is 2. The highest BCUT2D eigenvalue weighted by molar-refractivity contribution is 5.95. The monoisotopic (exact) mass is 482 g/mol. The number of carbonyl (C=O) groups excluding carboxylic acids is 1. The minimum absolute atomic E-state index is 0.273. The molecule has 3 rings (SSSR count). The molecule has 1 aliphatic rings. The standard InChI is InChI=1S/C22H16F6N4O2/c1-2-13-7-12(9-29)3-6-17(13)31-19(33)18-11-32(20(34-18)22(26,27)28)15-5-4-14(10-30)16(8-15)21(23,24)25/h3-8,18,20H,2,11H2,1H3,(H,31,33)/t18-,20+/m0/s1. The first-order valence-corrected chi connectivity index (χ1v) is 9.83. The van der Waals surface area contributed by atoms with E-state index in [1.54, 1.807) is 6.92 Å². The van der Waals surface area contributed by atoms with Gasteiger partial charge in [0.2, 0.25) is 6.23 Å². The Morgan fingerprint density at radius 3 is 2.38 bits per heavy atom. The lowest BCUT2D eigenvalue weighted by Crippen LogP contribution is -2.42. The van der Waals surface area contributed by atoms with E-state index in [2.05, 4.69) is 5.32 Å². The van der Waals surface area contributed by atoms with E-state index >= 15 is 0 Å². The van der Waals surface area contributed by atoms with E-state index in [4.69, 9.17) is 15.3 Å². The number of hydrogen-bond donors (Lipinski definition) is 1. The van der Waals surface area contributed by atoms with E-state index in [0.717, 1.165) is 12.1 Å². The Hall–Kier alpha value is -3.77. The van der Waals surface area contributed by atoms with Crippen LogP contribution in [-0.4, -0.2) is 31.0 Å². The number of halogens is 6. The summed E-state index contributed by atoms with van der Waals surface area (Å²) < 4.78 is 85.7. The Balaban J connectivity index is 1.91. The molecule has 0 unspecified atom stereocenters. The number of nitrogens with zero attached hydrogens (tertiary/aromatic N) is 3. The number of amides is 1. The number of alkyl halides is 6. The van der Waals surface area contributed by atoms with Crippen molar-refractivity contribution in [2.75, 3.05) is 16.8 Å². The smallest absolute Gasteiger partial charge is 0.335 e. The molecule has 2 aromatic carbocycles. The second-order valence-electron chi connectivity index (χ2n) is 7.34. The minimum atomic E-state index is -5.02. The van der Waals surface area contributed by atoms with Crippen molar-refractivity contribution in [1.82, 2.24) is 0 Å². The van der Waals surface area contributed by atoms with Crippen LogP contribution in [0.4, 0.5) is 37.7 Å². The number of nitrogens with one attached hydrogen (secondary N) is 1. The van der Waals surface area contributed by atoms with Crippen LogP contribution in [0.2, 0.25) is 0 Å². The molecule has 0 bridgehead atoms. The highest BCUT2D eigenvalue weighted by Gasteiger charge is 2.52. The molecule has 6 nitrogen and oxygen atoms in total. The van der Waals surface area contributed by atoms with Gasteiger partial charge in [-0.2, -0.15) is 36.9 Å². The van der Waals surface area contributed by atoms with Crippen LogP contribution in [0.25, 0.3) is 0 Å². The number of nitriles is 2. The van der Waals surface area contributed by atoms with Gasteiger partial charge in [-0.1, -0.05) is 6.92 Å². The molecule has 0 aliphatic carbocycles. The average Bonchev–Trinajstić information content (AvgIpc) is 3.24. The molecule has 1 N–H and O–H groups in total. The van der Waals surface area contributed by atoms with Crippen LogP contribution in [0, 0.1) is 22.7 Å². The van der Waals surface area contributed by atoms with Gasteiger partial charge in [0.05, 0.1) is 35.4 Å². The number of ether oxygens (including phenoxy) is 1. The zero-order valence-corrected chi connectivity index (χ0v) is 17.5. The number of hydrogen-bond acceptors (Lipinski definition) is 5. The third-order valence-corrected chi connectivity index (χ3v) is 5.14. The van der Waals surface area contributed by atoms with E-state index in [1.165, 1.54) is 24.3 Å². The van der Waals surface area contributed by atoms with E-state index in [9.17, 15) is 31.1 Å². The van der Waals surface area contributed by atoms with Gasteiger partial charge in [0.25, 0.3) is 5.91 Å². The molecule has 1 fully saturated rings. The SMILES string of the molecule is CCc1cc(C#N)ccc1NC(=O)[C@@H]1CN(c2ccc(C#N)c(C(F)(F)F)c2)[C@@H](C(F)(F)F)O1. The molecule has 178 valence electrons. The van der Waals surface area contributed by atoms with E-state index in [1.807, 2.05) is 6.07 Å². The summed E-state index contributed by atoms with van der Waals surface area (Å²) in [6, 6.07) is 9.80. The number of rotatable bonds is 4. The quantitative estimate of drug-likeness (QED) is 0.636. The molecular formula is C22H16F6N4O2. The van der Waals surface area contributed by atoms with Crippen molar-refractivity contribution in [2.45, 2.75) is 38.0 Å². The summed E-state index contributed by atoms with van der Waals surface area (Å²) in [6.45, 7) is 1.07. The van der Waals surface area contributed by atoms with Gasteiger partial charge >= 0.3 is 12.4 Å². The zero-order valence-electron chi connectivity index (χ0n) is 17.5. The predicted molar refractivity (Wildman–Crippen MR) is 107 cm³/mol. The van der Waals surface area contributed by atoms with Gasteiger partial charge < -0.3 is 15.0 Å². The third-order valence-electron chi connectivity index (χ3n) is 5.14. The molecule has 2 aromatic rings. The first-order chi connectivity index (χ1) is 15.9. The van der Waals surface area contributed by atoms with Crippen LogP contribution in [0.1, 0.15) is 29.2 Å². The maximum Gasteiger partial charge on any atom is 0.433 e. The lowest BCUT2D eigenvalue weighted by atomic mass is 10.1.